The van der Waals surface area contributed by atoms with E-state index in [0.29, 0.717) is 6.54 Å². The molecule has 1 unspecified atom stereocenters. The predicted octanol–water partition coefficient (Wildman–Crippen LogP) is 2.96. The molecule has 0 amide bonds. The Labute approximate surface area is 127 Å². The maximum atomic E-state index is 5.83. The van der Waals surface area contributed by atoms with Crippen molar-refractivity contribution in [1.82, 2.24) is 4.90 Å². The van der Waals surface area contributed by atoms with Crippen LogP contribution in [0, 0.1) is 0 Å². The second kappa shape index (κ2) is 6.00. The zero-order valence-corrected chi connectivity index (χ0v) is 12.8. The highest BCUT2D eigenvalue weighted by atomic mass is 15.1. The Kier molecular flexibility index (Phi) is 4.09. The molecule has 1 saturated heterocycles. The van der Waals surface area contributed by atoms with Crippen LogP contribution < -0.4 is 5.73 Å². The summed E-state index contributed by atoms with van der Waals surface area (Å²) in [6, 6.07) is 19.7. The van der Waals surface area contributed by atoms with Crippen LogP contribution in [0.4, 0.5) is 0 Å². The largest absolute Gasteiger partial charge is 0.326 e. The number of rotatable bonds is 4. The molecule has 0 spiro atoms. The number of nitrogens with two attached hydrogens (primary N) is 1. The molecule has 110 valence electrons. The van der Waals surface area contributed by atoms with Gasteiger partial charge in [-0.3, -0.25) is 0 Å². The topological polar surface area (TPSA) is 29.3 Å². The quantitative estimate of drug-likeness (QED) is 0.933. The zero-order chi connectivity index (χ0) is 14.7. The Hall–Kier alpha value is -1.64. The lowest BCUT2D eigenvalue weighted by atomic mass is 9.74. The molecular formula is C19H24N2. The Morgan fingerprint density at radius 2 is 1.81 bits per heavy atom. The summed E-state index contributed by atoms with van der Waals surface area (Å²) in [6.45, 7) is 2.90. The molecule has 1 aliphatic heterocycles. The van der Waals surface area contributed by atoms with E-state index >= 15 is 0 Å². The Morgan fingerprint density at radius 3 is 2.48 bits per heavy atom. The first-order chi connectivity index (χ1) is 10.2. The van der Waals surface area contributed by atoms with E-state index in [1.165, 1.54) is 29.7 Å². The lowest BCUT2D eigenvalue weighted by Gasteiger charge is -2.30. The molecule has 2 nitrogen and oxygen atoms in total. The standard InChI is InChI=1S/C19H24N2/c1-21-11-10-19(15-21,13-16-6-3-2-4-7-16)18-9-5-8-17(12-18)14-20/h2-9,12H,10-11,13-15,20H2,1H3. The van der Waals surface area contributed by atoms with E-state index in [9.17, 15) is 0 Å². The summed E-state index contributed by atoms with van der Waals surface area (Å²) in [5.74, 6) is 0. The van der Waals surface area contributed by atoms with Crippen molar-refractivity contribution < 1.29 is 0 Å². The van der Waals surface area contributed by atoms with Gasteiger partial charge in [0.05, 0.1) is 0 Å². The van der Waals surface area contributed by atoms with Crippen LogP contribution in [-0.2, 0) is 18.4 Å². The normalized spacial score (nSPS) is 22.6. The number of hydrogen-bond acceptors (Lipinski definition) is 2. The van der Waals surface area contributed by atoms with Gasteiger partial charge in [0.1, 0.15) is 0 Å². The molecule has 2 N–H and O–H groups in total. The Balaban J connectivity index is 1.97. The molecule has 0 saturated carbocycles. The second-order valence-electron chi connectivity index (χ2n) is 6.33. The number of nitrogens with zero attached hydrogens (tertiary/aromatic N) is 1. The summed E-state index contributed by atoms with van der Waals surface area (Å²) >= 11 is 0. The lowest BCUT2D eigenvalue weighted by molar-refractivity contribution is 0.365. The van der Waals surface area contributed by atoms with Gasteiger partial charge in [0, 0.05) is 18.5 Å². The van der Waals surface area contributed by atoms with Crippen LogP contribution in [0.25, 0.3) is 0 Å². The van der Waals surface area contributed by atoms with Crippen LogP contribution >= 0.6 is 0 Å². The molecule has 3 rings (SSSR count). The zero-order valence-electron chi connectivity index (χ0n) is 12.8. The summed E-state index contributed by atoms with van der Waals surface area (Å²) in [5.41, 5.74) is 10.1. The highest BCUT2D eigenvalue weighted by Crippen LogP contribution is 2.37. The van der Waals surface area contributed by atoms with E-state index in [-0.39, 0.29) is 5.41 Å². The maximum absolute atomic E-state index is 5.83. The van der Waals surface area contributed by atoms with Crippen LogP contribution in [0.5, 0.6) is 0 Å². The molecule has 2 aromatic carbocycles. The predicted molar refractivity (Wildman–Crippen MR) is 88.3 cm³/mol. The summed E-state index contributed by atoms with van der Waals surface area (Å²) < 4.78 is 0. The lowest BCUT2D eigenvalue weighted by Crippen LogP contribution is -2.32. The van der Waals surface area contributed by atoms with Gasteiger partial charge in [-0.05, 0) is 43.1 Å². The first kappa shape index (κ1) is 14.3. The molecular weight excluding hydrogens is 256 g/mol. The van der Waals surface area contributed by atoms with Gasteiger partial charge >= 0.3 is 0 Å². The summed E-state index contributed by atoms with van der Waals surface area (Å²) in [4.78, 5) is 2.44. The second-order valence-corrected chi connectivity index (χ2v) is 6.33. The van der Waals surface area contributed by atoms with Crippen molar-refractivity contribution in [2.75, 3.05) is 20.1 Å². The van der Waals surface area contributed by atoms with Crippen LogP contribution in [0.2, 0.25) is 0 Å². The van der Waals surface area contributed by atoms with Gasteiger partial charge in [0.25, 0.3) is 0 Å². The van der Waals surface area contributed by atoms with Crippen molar-refractivity contribution in [3.63, 3.8) is 0 Å². The minimum atomic E-state index is 0.223. The van der Waals surface area contributed by atoms with Crippen molar-refractivity contribution in [1.29, 1.82) is 0 Å². The molecule has 0 radical (unpaired) electrons. The van der Waals surface area contributed by atoms with Gasteiger partial charge in [-0.1, -0.05) is 54.6 Å². The Morgan fingerprint density at radius 1 is 1.05 bits per heavy atom. The van der Waals surface area contributed by atoms with Crippen LogP contribution in [0.1, 0.15) is 23.1 Å². The Bertz CT molecular complexity index is 594. The van der Waals surface area contributed by atoms with Gasteiger partial charge in [-0.15, -0.1) is 0 Å². The number of likely N-dealkylation sites (tertiary alicyclic amines) is 1. The van der Waals surface area contributed by atoms with E-state index in [2.05, 4.69) is 66.5 Å². The number of benzene rings is 2. The van der Waals surface area contributed by atoms with E-state index in [4.69, 9.17) is 5.73 Å². The molecule has 21 heavy (non-hydrogen) atoms. The van der Waals surface area contributed by atoms with E-state index in [1.807, 2.05) is 0 Å². The maximum Gasteiger partial charge on any atom is 0.0178 e. The number of likely N-dealkylation sites (N-methyl/N-ethyl adjacent to an activating group) is 1. The van der Waals surface area contributed by atoms with E-state index in [0.717, 1.165) is 13.0 Å². The average molecular weight is 280 g/mol. The molecule has 0 bridgehead atoms. The summed E-state index contributed by atoms with van der Waals surface area (Å²) in [5, 5.41) is 0. The smallest absolute Gasteiger partial charge is 0.0178 e. The fourth-order valence-corrected chi connectivity index (χ4v) is 3.58. The van der Waals surface area contributed by atoms with Crippen LogP contribution in [-0.4, -0.2) is 25.0 Å². The fourth-order valence-electron chi connectivity index (χ4n) is 3.58. The average Bonchev–Trinajstić information content (AvgIpc) is 2.90. The first-order valence-corrected chi connectivity index (χ1v) is 7.74. The third kappa shape index (κ3) is 3.02. The minimum Gasteiger partial charge on any atom is -0.326 e. The molecule has 2 heteroatoms. The fraction of sp³-hybridized carbons (Fsp3) is 0.368. The van der Waals surface area contributed by atoms with Crippen molar-refractivity contribution in [2.24, 2.45) is 5.73 Å². The molecule has 1 atom stereocenters. The van der Waals surface area contributed by atoms with Crippen molar-refractivity contribution >= 4 is 0 Å². The SMILES string of the molecule is CN1CCC(Cc2ccccc2)(c2cccc(CN)c2)C1. The minimum absolute atomic E-state index is 0.223. The van der Waals surface area contributed by atoms with Crippen molar-refractivity contribution in [2.45, 2.75) is 24.8 Å². The number of hydrogen-bond donors (Lipinski definition) is 1. The summed E-state index contributed by atoms with van der Waals surface area (Å²) in [7, 11) is 2.22. The van der Waals surface area contributed by atoms with Crippen LogP contribution in [0.15, 0.2) is 54.6 Å². The van der Waals surface area contributed by atoms with Crippen molar-refractivity contribution in [3.8, 4) is 0 Å². The summed E-state index contributed by atoms with van der Waals surface area (Å²) in [6.07, 6.45) is 2.32. The molecule has 1 fully saturated rings. The third-order valence-electron chi connectivity index (χ3n) is 4.71. The molecule has 1 aliphatic rings. The van der Waals surface area contributed by atoms with Gasteiger partial charge in [-0.25, -0.2) is 0 Å². The molecule has 1 heterocycles. The van der Waals surface area contributed by atoms with Gasteiger partial charge < -0.3 is 10.6 Å². The van der Waals surface area contributed by atoms with Crippen LogP contribution in [0.3, 0.4) is 0 Å². The van der Waals surface area contributed by atoms with Gasteiger partial charge in [0.2, 0.25) is 0 Å². The van der Waals surface area contributed by atoms with Gasteiger partial charge in [-0.2, -0.15) is 0 Å². The van der Waals surface area contributed by atoms with E-state index < -0.39 is 0 Å². The van der Waals surface area contributed by atoms with Gasteiger partial charge in [0.15, 0.2) is 0 Å². The highest BCUT2D eigenvalue weighted by molar-refractivity contribution is 5.34. The molecule has 2 aromatic rings. The first-order valence-electron chi connectivity index (χ1n) is 7.74. The third-order valence-corrected chi connectivity index (χ3v) is 4.71. The molecule has 0 aliphatic carbocycles. The highest BCUT2D eigenvalue weighted by Gasteiger charge is 2.38. The van der Waals surface area contributed by atoms with E-state index in [1.54, 1.807) is 0 Å². The van der Waals surface area contributed by atoms with Crippen molar-refractivity contribution in [3.05, 3.63) is 71.3 Å². The molecule has 0 aromatic heterocycles. The monoisotopic (exact) mass is 280 g/mol.